The van der Waals surface area contributed by atoms with Gasteiger partial charge in [0, 0.05) is 38.6 Å². The van der Waals surface area contributed by atoms with Gasteiger partial charge in [0.05, 0.1) is 7.11 Å². The molecule has 2 aromatic rings. The van der Waals surface area contributed by atoms with Crippen molar-refractivity contribution in [2.45, 2.75) is 19.8 Å². The van der Waals surface area contributed by atoms with Crippen LogP contribution >= 0.6 is 0 Å². The van der Waals surface area contributed by atoms with Crippen molar-refractivity contribution in [1.82, 2.24) is 9.97 Å². The van der Waals surface area contributed by atoms with E-state index < -0.39 is 0 Å². The van der Waals surface area contributed by atoms with E-state index in [4.69, 9.17) is 9.47 Å². The van der Waals surface area contributed by atoms with E-state index in [0.29, 0.717) is 5.95 Å². The molecule has 0 radical (unpaired) electrons. The Bertz CT molecular complexity index is 634. The molecular weight excluding hydrogens is 304 g/mol. The number of aryl methyl sites for hydroxylation is 1. The summed E-state index contributed by atoms with van der Waals surface area (Å²) in [5, 5.41) is 6.58. The maximum Gasteiger partial charge on any atom is 0.224 e. The SMILES string of the molecule is COCCCNc1cc(C)nc(NCCc2ccccc2OC)n1. The van der Waals surface area contributed by atoms with Gasteiger partial charge in [0.2, 0.25) is 5.95 Å². The molecule has 6 nitrogen and oxygen atoms in total. The van der Waals surface area contributed by atoms with Crippen molar-refractivity contribution < 1.29 is 9.47 Å². The zero-order chi connectivity index (χ0) is 17.2. The lowest BCUT2D eigenvalue weighted by atomic mass is 10.1. The smallest absolute Gasteiger partial charge is 0.224 e. The topological polar surface area (TPSA) is 68.3 Å². The Labute approximate surface area is 143 Å². The molecule has 2 N–H and O–H groups in total. The Hall–Kier alpha value is -2.34. The quantitative estimate of drug-likeness (QED) is 0.653. The fourth-order valence-electron chi connectivity index (χ4n) is 2.39. The first-order valence-corrected chi connectivity index (χ1v) is 8.17. The maximum atomic E-state index is 5.37. The molecule has 1 heterocycles. The minimum absolute atomic E-state index is 0.638. The second kappa shape index (κ2) is 9.72. The Morgan fingerprint density at radius 2 is 1.88 bits per heavy atom. The highest BCUT2D eigenvalue weighted by atomic mass is 16.5. The Morgan fingerprint density at radius 3 is 2.67 bits per heavy atom. The van der Waals surface area contributed by atoms with Gasteiger partial charge < -0.3 is 20.1 Å². The predicted molar refractivity (Wildman–Crippen MR) is 96.9 cm³/mol. The van der Waals surface area contributed by atoms with Gasteiger partial charge in [-0.25, -0.2) is 4.98 Å². The lowest BCUT2D eigenvalue weighted by Gasteiger charge is -2.11. The highest BCUT2D eigenvalue weighted by Gasteiger charge is 2.04. The van der Waals surface area contributed by atoms with E-state index >= 15 is 0 Å². The molecule has 130 valence electrons. The monoisotopic (exact) mass is 330 g/mol. The van der Waals surface area contributed by atoms with Crippen LogP contribution in [0.1, 0.15) is 17.7 Å². The lowest BCUT2D eigenvalue weighted by Crippen LogP contribution is -2.12. The van der Waals surface area contributed by atoms with Gasteiger partial charge in [-0.3, -0.25) is 0 Å². The highest BCUT2D eigenvalue weighted by molar-refractivity contribution is 5.42. The first kappa shape index (κ1) is 18.0. The van der Waals surface area contributed by atoms with Crippen LogP contribution in [0.5, 0.6) is 5.75 Å². The number of para-hydroxylation sites is 1. The van der Waals surface area contributed by atoms with Crippen LogP contribution in [0, 0.1) is 6.92 Å². The summed E-state index contributed by atoms with van der Waals surface area (Å²) in [4.78, 5) is 8.93. The molecule has 0 amide bonds. The summed E-state index contributed by atoms with van der Waals surface area (Å²) in [5.74, 6) is 2.38. The zero-order valence-electron chi connectivity index (χ0n) is 14.6. The highest BCUT2D eigenvalue weighted by Crippen LogP contribution is 2.18. The molecule has 2 rings (SSSR count). The van der Waals surface area contributed by atoms with Gasteiger partial charge in [0.15, 0.2) is 0 Å². The molecule has 6 heteroatoms. The third kappa shape index (κ3) is 5.70. The Kier molecular flexibility index (Phi) is 7.29. The van der Waals surface area contributed by atoms with E-state index in [0.717, 1.165) is 55.4 Å². The van der Waals surface area contributed by atoms with Gasteiger partial charge in [-0.1, -0.05) is 18.2 Å². The Morgan fingerprint density at radius 1 is 1.04 bits per heavy atom. The number of nitrogens with one attached hydrogen (secondary N) is 2. The number of rotatable bonds is 10. The molecule has 0 saturated carbocycles. The van der Waals surface area contributed by atoms with Crippen LogP contribution in [-0.4, -0.2) is 43.9 Å². The van der Waals surface area contributed by atoms with Crippen molar-refractivity contribution in [1.29, 1.82) is 0 Å². The van der Waals surface area contributed by atoms with Gasteiger partial charge in [-0.15, -0.1) is 0 Å². The second-order valence-electron chi connectivity index (χ2n) is 5.48. The van der Waals surface area contributed by atoms with Crippen molar-refractivity contribution in [2.75, 3.05) is 44.5 Å². The molecule has 24 heavy (non-hydrogen) atoms. The number of aromatic nitrogens is 2. The van der Waals surface area contributed by atoms with E-state index in [2.05, 4.69) is 26.7 Å². The van der Waals surface area contributed by atoms with Crippen molar-refractivity contribution >= 4 is 11.8 Å². The average Bonchev–Trinajstić information content (AvgIpc) is 2.59. The number of methoxy groups -OCH3 is 2. The van der Waals surface area contributed by atoms with Gasteiger partial charge in [0.25, 0.3) is 0 Å². The molecule has 1 aromatic heterocycles. The number of nitrogens with zero attached hydrogens (tertiary/aromatic N) is 2. The van der Waals surface area contributed by atoms with Crippen LogP contribution in [0.2, 0.25) is 0 Å². The van der Waals surface area contributed by atoms with E-state index in [1.54, 1.807) is 14.2 Å². The zero-order valence-corrected chi connectivity index (χ0v) is 14.6. The van der Waals surface area contributed by atoms with E-state index in [-0.39, 0.29) is 0 Å². The summed E-state index contributed by atoms with van der Waals surface area (Å²) in [6.07, 6.45) is 1.79. The van der Waals surface area contributed by atoms with Crippen molar-refractivity contribution in [3.8, 4) is 5.75 Å². The largest absolute Gasteiger partial charge is 0.496 e. The number of hydrogen-bond acceptors (Lipinski definition) is 6. The summed E-state index contributed by atoms with van der Waals surface area (Å²) < 4.78 is 10.4. The fraction of sp³-hybridized carbons (Fsp3) is 0.444. The average molecular weight is 330 g/mol. The Balaban J connectivity index is 1.88. The van der Waals surface area contributed by atoms with Crippen LogP contribution in [0.15, 0.2) is 30.3 Å². The van der Waals surface area contributed by atoms with Crippen LogP contribution in [0.4, 0.5) is 11.8 Å². The number of benzene rings is 1. The molecule has 1 aromatic carbocycles. The molecule has 0 fully saturated rings. The molecule has 0 atom stereocenters. The number of ether oxygens (including phenoxy) is 2. The molecular formula is C18H26N4O2. The third-order valence-electron chi connectivity index (χ3n) is 3.56. The van der Waals surface area contributed by atoms with E-state index in [1.807, 2.05) is 31.2 Å². The van der Waals surface area contributed by atoms with Gasteiger partial charge in [-0.2, -0.15) is 4.98 Å². The summed E-state index contributed by atoms with van der Waals surface area (Å²) in [6.45, 7) is 4.27. The van der Waals surface area contributed by atoms with E-state index in [1.165, 1.54) is 0 Å². The molecule has 0 unspecified atom stereocenters. The van der Waals surface area contributed by atoms with Crippen LogP contribution in [-0.2, 0) is 11.2 Å². The molecule has 0 aliphatic rings. The van der Waals surface area contributed by atoms with Crippen molar-refractivity contribution in [2.24, 2.45) is 0 Å². The minimum Gasteiger partial charge on any atom is -0.496 e. The molecule has 0 spiro atoms. The number of anilines is 2. The minimum atomic E-state index is 0.638. The predicted octanol–water partition coefficient (Wildman–Crippen LogP) is 2.90. The van der Waals surface area contributed by atoms with Crippen LogP contribution < -0.4 is 15.4 Å². The van der Waals surface area contributed by atoms with Crippen molar-refractivity contribution in [3.05, 3.63) is 41.6 Å². The first-order valence-electron chi connectivity index (χ1n) is 8.17. The van der Waals surface area contributed by atoms with Gasteiger partial charge in [-0.05, 0) is 31.4 Å². The summed E-state index contributed by atoms with van der Waals surface area (Å²) >= 11 is 0. The lowest BCUT2D eigenvalue weighted by molar-refractivity contribution is 0.198. The maximum absolute atomic E-state index is 5.37. The standard InChI is InChI=1S/C18H26N4O2/c1-14-13-17(19-10-6-12-23-2)22-18(21-14)20-11-9-15-7-4-5-8-16(15)24-3/h4-5,7-8,13H,6,9-12H2,1-3H3,(H2,19,20,21,22). The van der Waals surface area contributed by atoms with Gasteiger partial charge in [0.1, 0.15) is 11.6 Å². The first-order chi connectivity index (χ1) is 11.7. The summed E-state index contributed by atoms with van der Waals surface area (Å²) in [5.41, 5.74) is 2.09. The number of hydrogen-bond donors (Lipinski definition) is 2. The fourth-order valence-corrected chi connectivity index (χ4v) is 2.39. The normalized spacial score (nSPS) is 10.5. The molecule has 0 aliphatic carbocycles. The van der Waals surface area contributed by atoms with Crippen LogP contribution in [0.3, 0.4) is 0 Å². The molecule has 0 bridgehead atoms. The van der Waals surface area contributed by atoms with Gasteiger partial charge >= 0.3 is 0 Å². The summed E-state index contributed by atoms with van der Waals surface area (Å²) in [7, 11) is 3.40. The second-order valence-corrected chi connectivity index (χ2v) is 5.48. The van der Waals surface area contributed by atoms with E-state index in [9.17, 15) is 0 Å². The third-order valence-corrected chi connectivity index (χ3v) is 3.56. The van der Waals surface area contributed by atoms with Crippen molar-refractivity contribution in [3.63, 3.8) is 0 Å². The summed E-state index contributed by atoms with van der Waals surface area (Å²) in [6, 6.07) is 9.98. The molecule has 0 aliphatic heterocycles. The molecule has 0 saturated heterocycles. The van der Waals surface area contributed by atoms with Crippen LogP contribution in [0.25, 0.3) is 0 Å².